The first-order valence-corrected chi connectivity index (χ1v) is 8.04. The smallest absolute Gasteiger partial charge is 0.0660 e. The van der Waals surface area contributed by atoms with Gasteiger partial charge in [-0.1, -0.05) is 39.0 Å². The van der Waals surface area contributed by atoms with E-state index in [0.29, 0.717) is 6.04 Å². The van der Waals surface area contributed by atoms with Gasteiger partial charge in [0, 0.05) is 12.6 Å². The van der Waals surface area contributed by atoms with Crippen LogP contribution in [0.1, 0.15) is 78.6 Å². The second kappa shape index (κ2) is 8.16. The van der Waals surface area contributed by atoms with Crippen LogP contribution in [0.2, 0.25) is 0 Å². The molecule has 1 N–H and O–H groups in total. The van der Waals surface area contributed by atoms with Crippen molar-refractivity contribution in [1.82, 2.24) is 4.90 Å². The third-order valence-corrected chi connectivity index (χ3v) is 4.43. The van der Waals surface area contributed by atoms with Crippen molar-refractivity contribution in [2.75, 3.05) is 13.1 Å². The third-order valence-electron chi connectivity index (χ3n) is 4.43. The summed E-state index contributed by atoms with van der Waals surface area (Å²) < 4.78 is 0. The van der Waals surface area contributed by atoms with Gasteiger partial charge in [0.2, 0.25) is 0 Å². The molecule has 108 valence electrons. The Labute approximate surface area is 114 Å². The van der Waals surface area contributed by atoms with Crippen molar-refractivity contribution >= 4 is 0 Å². The largest absolute Gasteiger partial charge is 0.390 e. The molecule has 1 heterocycles. The molecule has 1 aliphatic heterocycles. The first kappa shape index (κ1) is 16.0. The van der Waals surface area contributed by atoms with Crippen LogP contribution in [-0.4, -0.2) is 34.7 Å². The minimum absolute atomic E-state index is 0.365. The molecule has 1 saturated heterocycles. The van der Waals surface area contributed by atoms with E-state index in [1.807, 2.05) is 0 Å². The lowest BCUT2D eigenvalue weighted by Crippen LogP contribution is -2.34. The quantitative estimate of drug-likeness (QED) is 0.696. The van der Waals surface area contributed by atoms with Crippen molar-refractivity contribution in [3.63, 3.8) is 0 Å². The van der Waals surface area contributed by atoms with Gasteiger partial charge in [0.15, 0.2) is 0 Å². The number of likely N-dealkylation sites (tertiary alicyclic amines) is 1. The van der Waals surface area contributed by atoms with Gasteiger partial charge in [-0.2, -0.15) is 0 Å². The van der Waals surface area contributed by atoms with Crippen molar-refractivity contribution in [2.24, 2.45) is 0 Å². The molecule has 18 heavy (non-hydrogen) atoms. The monoisotopic (exact) mass is 255 g/mol. The lowest BCUT2D eigenvalue weighted by molar-refractivity contribution is 0.0138. The van der Waals surface area contributed by atoms with Crippen LogP contribution in [0.5, 0.6) is 0 Å². The summed E-state index contributed by atoms with van der Waals surface area (Å²) in [5.41, 5.74) is -0.365. The molecule has 0 bridgehead atoms. The maximum absolute atomic E-state index is 10.7. The molecule has 1 rings (SSSR count). The highest BCUT2D eigenvalue weighted by Crippen LogP contribution is 2.28. The molecular formula is C16H33NO. The van der Waals surface area contributed by atoms with Gasteiger partial charge in [0.05, 0.1) is 5.60 Å². The summed E-state index contributed by atoms with van der Waals surface area (Å²) in [6, 6.07) is 0.622. The summed E-state index contributed by atoms with van der Waals surface area (Å²) in [6.45, 7) is 9.00. The fourth-order valence-corrected chi connectivity index (χ4v) is 3.02. The van der Waals surface area contributed by atoms with Crippen LogP contribution in [0.4, 0.5) is 0 Å². The number of unbranched alkanes of at least 4 members (excludes halogenated alkanes) is 4. The van der Waals surface area contributed by atoms with Gasteiger partial charge >= 0.3 is 0 Å². The van der Waals surface area contributed by atoms with Gasteiger partial charge in [-0.15, -0.1) is 0 Å². The van der Waals surface area contributed by atoms with Crippen LogP contribution in [0, 0.1) is 0 Å². The minimum atomic E-state index is -0.365. The molecule has 0 aromatic rings. The number of hydrogen-bond acceptors (Lipinski definition) is 2. The van der Waals surface area contributed by atoms with Gasteiger partial charge in [-0.3, -0.25) is 0 Å². The van der Waals surface area contributed by atoms with Crippen molar-refractivity contribution < 1.29 is 5.11 Å². The Kier molecular flexibility index (Phi) is 7.25. The van der Waals surface area contributed by atoms with Gasteiger partial charge in [-0.25, -0.2) is 0 Å². The summed E-state index contributed by atoms with van der Waals surface area (Å²) in [5.74, 6) is 0. The van der Waals surface area contributed by atoms with E-state index < -0.39 is 0 Å². The Balaban J connectivity index is 2.26. The molecule has 2 heteroatoms. The number of aliphatic hydroxyl groups is 1. The summed E-state index contributed by atoms with van der Waals surface area (Å²) in [4.78, 5) is 2.51. The average molecular weight is 255 g/mol. The minimum Gasteiger partial charge on any atom is -0.390 e. The molecule has 0 radical (unpaired) electrons. The Bertz CT molecular complexity index is 217. The molecule has 1 fully saturated rings. The molecule has 0 aliphatic carbocycles. The highest BCUT2D eigenvalue weighted by molar-refractivity contribution is 4.84. The Hall–Kier alpha value is -0.0800. The standard InChI is InChI=1S/C16H33NO/c1-4-5-6-7-8-10-16(18)11-9-13-17(14-12-16)15(2)3/h15,18H,4-14H2,1-3H3. The van der Waals surface area contributed by atoms with E-state index in [1.165, 1.54) is 32.1 Å². The molecule has 1 unspecified atom stereocenters. The molecule has 0 aromatic heterocycles. The number of rotatable bonds is 7. The summed E-state index contributed by atoms with van der Waals surface area (Å²) >= 11 is 0. The highest BCUT2D eigenvalue weighted by Gasteiger charge is 2.29. The molecule has 0 saturated carbocycles. The average Bonchev–Trinajstić information content (AvgIpc) is 2.52. The van der Waals surface area contributed by atoms with Gasteiger partial charge in [-0.05, 0) is 46.1 Å². The number of nitrogens with zero attached hydrogens (tertiary/aromatic N) is 1. The summed E-state index contributed by atoms with van der Waals surface area (Å²) in [6.07, 6.45) is 10.6. The fourth-order valence-electron chi connectivity index (χ4n) is 3.02. The van der Waals surface area contributed by atoms with Gasteiger partial charge < -0.3 is 10.0 Å². The SMILES string of the molecule is CCCCCCCC1(O)CCCN(C(C)C)CC1. The summed E-state index contributed by atoms with van der Waals surface area (Å²) in [7, 11) is 0. The van der Waals surface area contributed by atoms with Crippen LogP contribution in [-0.2, 0) is 0 Å². The van der Waals surface area contributed by atoms with E-state index in [2.05, 4.69) is 25.7 Å². The van der Waals surface area contributed by atoms with Gasteiger partial charge in [0.25, 0.3) is 0 Å². The Morgan fingerprint density at radius 3 is 2.44 bits per heavy atom. The van der Waals surface area contributed by atoms with Crippen molar-refractivity contribution in [3.8, 4) is 0 Å². The van der Waals surface area contributed by atoms with Crippen LogP contribution in [0.25, 0.3) is 0 Å². The zero-order valence-corrected chi connectivity index (χ0v) is 12.7. The Morgan fingerprint density at radius 2 is 1.78 bits per heavy atom. The van der Waals surface area contributed by atoms with E-state index in [1.54, 1.807) is 0 Å². The summed E-state index contributed by atoms with van der Waals surface area (Å²) in [5, 5.41) is 10.7. The first-order valence-electron chi connectivity index (χ1n) is 8.04. The van der Waals surface area contributed by atoms with E-state index in [0.717, 1.165) is 38.8 Å². The van der Waals surface area contributed by atoms with E-state index in [9.17, 15) is 5.11 Å². The van der Waals surface area contributed by atoms with Crippen LogP contribution in [0.3, 0.4) is 0 Å². The third kappa shape index (κ3) is 5.71. The van der Waals surface area contributed by atoms with E-state index in [-0.39, 0.29) is 5.60 Å². The van der Waals surface area contributed by atoms with Crippen molar-refractivity contribution in [1.29, 1.82) is 0 Å². The van der Waals surface area contributed by atoms with E-state index in [4.69, 9.17) is 0 Å². The lowest BCUT2D eigenvalue weighted by atomic mass is 9.89. The van der Waals surface area contributed by atoms with Crippen LogP contribution < -0.4 is 0 Å². The predicted molar refractivity (Wildman–Crippen MR) is 78.9 cm³/mol. The van der Waals surface area contributed by atoms with Gasteiger partial charge in [0.1, 0.15) is 0 Å². The molecule has 0 aromatic carbocycles. The Morgan fingerprint density at radius 1 is 1.06 bits per heavy atom. The predicted octanol–water partition coefficient (Wildman–Crippen LogP) is 3.97. The molecule has 2 nitrogen and oxygen atoms in total. The highest BCUT2D eigenvalue weighted by atomic mass is 16.3. The zero-order chi connectivity index (χ0) is 13.4. The van der Waals surface area contributed by atoms with Crippen LogP contribution in [0.15, 0.2) is 0 Å². The van der Waals surface area contributed by atoms with E-state index >= 15 is 0 Å². The lowest BCUT2D eigenvalue weighted by Gasteiger charge is -2.28. The zero-order valence-electron chi connectivity index (χ0n) is 12.7. The molecule has 0 spiro atoms. The molecule has 0 amide bonds. The van der Waals surface area contributed by atoms with Crippen molar-refractivity contribution in [2.45, 2.75) is 90.2 Å². The van der Waals surface area contributed by atoms with Crippen molar-refractivity contribution in [3.05, 3.63) is 0 Å². The topological polar surface area (TPSA) is 23.5 Å². The first-order chi connectivity index (χ1) is 8.57. The maximum atomic E-state index is 10.7. The fraction of sp³-hybridized carbons (Fsp3) is 1.00. The molecule has 1 aliphatic rings. The number of hydrogen-bond donors (Lipinski definition) is 1. The second-order valence-corrected chi connectivity index (χ2v) is 6.37. The van der Waals surface area contributed by atoms with Crippen LogP contribution >= 0.6 is 0 Å². The molecular weight excluding hydrogens is 222 g/mol. The molecule has 1 atom stereocenters. The second-order valence-electron chi connectivity index (χ2n) is 6.37. The normalized spacial score (nSPS) is 26.5. The maximum Gasteiger partial charge on any atom is 0.0660 e.